The molecule has 1 atom stereocenters. The standard InChI is InChI=1S/C21H31N3O2/c1-4-26-20-10-6-5-9-19(20)15-23-11-7-8-18(13-23)14-24-17(2)12-22-21(24)16-25-3/h5-6,9-10,12,18H,4,7-8,11,13-16H2,1-3H3. The second-order valence-corrected chi connectivity index (χ2v) is 7.14. The summed E-state index contributed by atoms with van der Waals surface area (Å²) < 4.78 is 13.4. The lowest BCUT2D eigenvalue weighted by atomic mass is 9.97. The SMILES string of the molecule is CCOc1ccccc1CN1CCCC(Cn2c(C)cnc2COC)C1. The number of benzene rings is 1. The van der Waals surface area contributed by atoms with Crippen molar-refractivity contribution in [2.75, 3.05) is 26.8 Å². The molecule has 5 nitrogen and oxygen atoms in total. The molecule has 3 rings (SSSR count). The van der Waals surface area contributed by atoms with Gasteiger partial charge < -0.3 is 14.0 Å². The largest absolute Gasteiger partial charge is 0.494 e. The van der Waals surface area contributed by atoms with Gasteiger partial charge in [0.15, 0.2) is 0 Å². The van der Waals surface area contributed by atoms with E-state index in [9.17, 15) is 0 Å². The van der Waals surface area contributed by atoms with Gasteiger partial charge in [-0.05, 0) is 45.2 Å². The Morgan fingerprint density at radius 1 is 1.27 bits per heavy atom. The Hall–Kier alpha value is -1.85. The van der Waals surface area contributed by atoms with Gasteiger partial charge in [-0.15, -0.1) is 0 Å². The minimum Gasteiger partial charge on any atom is -0.494 e. The molecule has 0 saturated carbocycles. The van der Waals surface area contributed by atoms with E-state index in [0.717, 1.165) is 37.8 Å². The molecule has 142 valence electrons. The third-order valence-corrected chi connectivity index (χ3v) is 5.12. The number of likely N-dealkylation sites (tertiary alicyclic amines) is 1. The fourth-order valence-electron chi connectivity index (χ4n) is 3.88. The van der Waals surface area contributed by atoms with Crippen LogP contribution in [0, 0.1) is 12.8 Å². The molecular weight excluding hydrogens is 326 g/mol. The van der Waals surface area contributed by atoms with Crippen LogP contribution in [0.4, 0.5) is 0 Å². The Labute approximate surface area is 156 Å². The first-order valence-corrected chi connectivity index (χ1v) is 9.64. The molecule has 0 bridgehead atoms. The molecule has 2 heterocycles. The minimum atomic E-state index is 0.575. The van der Waals surface area contributed by atoms with Crippen LogP contribution in [-0.2, 0) is 24.4 Å². The van der Waals surface area contributed by atoms with Gasteiger partial charge in [-0.2, -0.15) is 0 Å². The highest BCUT2D eigenvalue weighted by Gasteiger charge is 2.22. The number of methoxy groups -OCH3 is 1. The first kappa shape index (κ1) is 18.9. The van der Waals surface area contributed by atoms with E-state index in [-0.39, 0.29) is 0 Å². The fraction of sp³-hybridized carbons (Fsp3) is 0.571. The molecule has 26 heavy (non-hydrogen) atoms. The molecule has 1 aliphatic heterocycles. The topological polar surface area (TPSA) is 39.5 Å². The minimum absolute atomic E-state index is 0.575. The van der Waals surface area contributed by atoms with E-state index in [1.165, 1.54) is 24.1 Å². The van der Waals surface area contributed by atoms with Crippen LogP contribution < -0.4 is 4.74 Å². The second kappa shape index (κ2) is 9.19. The molecule has 0 spiro atoms. The first-order valence-electron chi connectivity index (χ1n) is 9.64. The zero-order chi connectivity index (χ0) is 18.4. The summed E-state index contributed by atoms with van der Waals surface area (Å²) in [7, 11) is 1.73. The normalized spacial score (nSPS) is 18.2. The number of para-hydroxylation sites is 1. The lowest BCUT2D eigenvalue weighted by Crippen LogP contribution is -2.37. The third kappa shape index (κ3) is 4.65. The summed E-state index contributed by atoms with van der Waals surface area (Å²) >= 11 is 0. The summed E-state index contributed by atoms with van der Waals surface area (Å²) in [5, 5.41) is 0. The van der Waals surface area contributed by atoms with Crippen LogP contribution in [0.3, 0.4) is 0 Å². The molecule has 1 saturated heterocycles. The predicted molar refractivity (Wildman–Crippen MR) is 103 cm³/mol. The number of rotatable bonds is 8. The molecule has 1 aliphatic rings. The molecule has 0 radical (unpaired) electrons. The monoisotopic (exact) mass is 357 g/mol. The average molecular weight is 357 g/mol. The van der Waals surface area contributed by atoms with Crippen molar-refractivity contribution in [1.29, 1.82) is 0 Å². The predicted octanol–water partition coefficient (Wildman–Crippen LogP) is 3.65. The van der Waals surface area contributed by atoms with Crippen LogP contribution in [0.5, 0.6) is 5.75 Å². The van der Waals surface area contributed by atoms with Crippen molar-refractivity contribution in [2.45, 2.75) is 46.4 Å². The van der Waals surface area contributed by atoms with Gasteiger partial charge >= 0.3 is 0 Å². The van der Waals surface area contributed by atoms with Crippen molar-refractivity contribution >= 4 is 0 Å². The number of hydrogen-bond acceptors (Lipinski definition) is 4. The van der Waals surface area contributed by atoms with Crippen LogP contribution in [0.15, 0.2) is 30.5 Å². The Bertz CT molecular complexity index is 698. The van der Waals surface area contributed by atoms with E-state index in [4.69, 9.17) is 9.47 Å². The van der Waals surface area contributed by atoms with Gasteiger partial charge in [0, 0.05) is 44.2 Å². The summed E-state index contributed by atoms with van der Waals surface area (Å²) in [6.45, 7) is 9.71. The van der Waals surface area contributed by atoms with Crippen LogP contribution in [0.2, 0.25) is 0 Å². The summed E-state index contributed by atoms with van der Waals surface area (Å²) in [5.41, 5.74) is 2.50. The zero-order valence-corrected chi connectivity index (χ0v) is 16.3. The highest BCUT2D eigenvalue weighted by Crippen LogP contribution is 2.25. The number of imidazole rings is 1. The average Bonchev–Trinajstić information content (AvgIpc) is 2.98. The van der Waals surface area contributed by atoms with Gasteiger partial charge in [0.05, 0.1) is 6.61 Å². The molecule has 0 aliphatic carbocycles. The molecule has 5 heteroatoms. The zero-order valence-electron chi connectivity index (χ0n) is 16.3. The van der Waals surface area contributed by atoms with Gasteiger partial charge in [-0.25, -0.2) is 4.98 Å². The van der Waals surface area contributed by atoms with Gasteiger partial charge in [-0.1, -0.05) is 18.2 Å². The number of ether oxygens (including phenoxy) is 2. The maximum absolute atomic E-state index is 5.80. The van der Waals surface area contributed by atoms with Gasteiger partial charge in [0.1, 0.15) is 18.2 Å². The summed E-state index contributed by atoms with van der Waals surface area (Å²) in [5.74, 6) is 2.69. The molecule has 1 unspecified atom stereocenters. The van der Waals surface area contributed by atoms with Crippen molar-refractivity contribution in [2.24, 2.45) is 5.92 Å². The summed E-state index contributed by atoms with van der Waals surface area (Å²) in [6, 6.07) is 8.41. The van der Waals surface area contributed by atoms with E-state index in [0.29, 0.717) is 19.1 Å². The van der Waals surface area contributed by atoms with Crippen molar-refractivity contribution < 1.29 is 9.47 Å². The Balaban J connectivity index is 1.64. The fourth-order valence-corrected chi connectivity index (χ4v) is 3.88. The van der Waals surface area contributed by atoms with Gasteiger partial charge in [0.25, 0.3) is 0 Å². The first-order chi connectivity index (χ1) is 12.7. The summed E-state index contributed by atoms with van der Waals surface area (Å²) in [6.07, 6.45) is 4.47. The van der Waals surface area contributed by atoms with E-state index in [2.05, 4.69) is 39.6 Å². The lowest BCUT2D eigenvalue weighted by Gasteiger charge is -2.33. The Morgan fingerprint density at radius 3 is 2.92 bits per heavy atom. The maximum atomic E-state index is 5.80. The number of aryl methyl sites for hydroxylation is 1. The van der Waals surface area contributed by atoms with Crippen LogP contribution in [0.25, 0.3) is 0 Å². The van der Waals surface area contributed by atoms with Crippen LogP contribution in [0.1, 0.15) is 36.8 Å². The Morgan fingerprint density at radius 2 is 2.12 bits per heavy atom. The van der Waals surface area contributed by atoms with Crippen LogP contribution in [-0.4, -0.2) is 41.3 Å². The molecule has 1 aromatic carbocycles. The maximum Gasteiger partial charge on any atom is 0.134 e. The molecular formula is C21H31N3O2. The van der Waals surface area contributed by atoms with E-state index >= 15 is 0 Å². The molecule has 1 fully saturated rings. The van der Waals surface area contributed by atoms with Crippen molar-refractivity contribution in [1.82, 2.24) is 14.5 Å². The van der Waals surface area contributed by atoms with Crippen molar-refractivity contribution in [3.05, 3.63) is 47.5 Å². The second-order valence-electron chi connectivity index (χ2n) is 7.14. The molecule has 0 amide bonds. The number of nitrogens with zero attached hydrogens (tertiary/aromatic N) is 3. The van der Waals surface area contributed by atoms with E-state index in [1.807, 2.05) is 19.2 Å². The molecule has 1 aromatic heterocycles. The van der Waals surface area contributed by atoms with Gasteiger partial charge in [0.2, 0.25) is 0 Å². The quantitative estimate of drug-likeness (QED) is 0.723. The lowest BCUT2D eigenvalue weighted by molar-refractivity contribution is 0.146. The molecule has 2 aromatic rings. The van der Waals surface area contributed by atoms with Crippen molar-refractivity contribution in [3.8, 4) is 5.75 Å². The number of hydrogen-bond donors (Lipinski definition) is 0. The van der Waals surface area contributed by atoms with Crippen molar-refractivity contribution in [3.63, 3.8) is 0 Å². The van der Waals surface area contributed by atoms with E-state index in [1.54, 1.807) is 7.11 Å². The number of aromatic nitrogens is 2. The number of piperidine rings is 1. The van der Waals surface area contributed by atoms with Gasteiger partial charge in [-0.3, -0.25) is 4.90 Å². The highest BCUT2D eigenvalue weighted by molar-refractivity contribution is 5.33. The smallest absolute Gasteiger partial charge is 0.134 e. The summed E-state index contributed by atoms with van der Waals surface area (Å²) in [4.78, 5) is 7.06. The molecule has 0 N–H and O–H groups in total. The Kier molecular flexibility index (Phi) is 6.69. The van der Waals surface area contributed by atoms with Crippen LogP contribution >= 0.6 is 0 Å². The third-order valence-electron chi connectivity index (χ3n) is 5.12. The highest BCUT2D eigenvalue weighted by atomic mass is 16.5. The van der Waals surface area contributed by atoms with E-state index < -0.39 is 0 Å².